The first-order valence-corrected chi connectivity index (χ1v) is 9.98. The van der Waals surface area contributed by atoms with Gasteiger partial charge in [0.15, 0.2) is 11.7 Å². The lowest BCUT2D eigenvalue weighted by atomic mass is 9.79. The third-order valence-electron chi connectivity index (χ3n) is 6.42. The van der Waals surface area contributed by atoms with E-state index in [2.05, 4.69) is 23.1 Å². The lowest BCUT2D eigenvalue weighted by Gasteiger charge is -2.56. The van der Waals surface area contributed by atoms with Crippen molar-refractivity contribution in [2.75, 3.05) is 19.1 Å². The Morgan fingerprint density at radius 2 is 1.83 bits per heavy atom. The molecule has 0 aliphatic carbocycles. The lowest BCUT2D eigenvalue weighted by molar-refractivity contribution is -0.249. The van der Waals surface area contributed by atoms with Crippen molar-refractivity contribution in [1.82, 2.24) is 0 Å². The summed E-state index contributed by atoms with van der Waals surface area (Å²) in [5.74, 6) is 0.538. The Morgan fingerprint density at radius 1 is 1.10 bits per heavy atom. The summed E-state index contributed by atoms with van der Waals surface area (Å²) in [5, 5.41) is 0. The van der Waals surface area contributed by atoms with Crippen molar-refractivity contribution >= 4 is 11.7 Å². The number of hydrogen-bond donors (Lipinski definition) is 0. The van der Waals surface area contributed by atoms with Crippen LogP contribution in [-0.4, -0.2) is 44.2 Å². The number of methoxy groups -OCH3 is 2. The summed E-state index contributed by atoms with van der Waals surface area (Å²) < 4.78 is 23.6. The number of rotatable bonds is 3. The van der Waals surface area contributed by atoms with E-state index in [0.29, 0.717) is 0 Å². The summed E-state index contributed by atoms with van der Waals surface area (Å²) in [6.45, 7) is 1.89. The fraction of sp³-hybridized carbons (Fsp3) is 0.435. The standard InChI is InChI=1S/C23H25NO5/c1-23(22(26-2)27-3)20-19(15-9-5-7-11-18(15)29-23)24-16-10-6-4-8-14(16)12-13-17(24)21(25)28-20/h4-11,17,19-20,22H,12-13H2,1-3H3. The van der Waals surface area contributed by atoms with Gasteiger partial charge in [0.25, 0.3) is 0 Å². The molecule has 0 radical (unpaired) electrons. The molecular formula is C23H25NO5. The fourth-order valence-electron chi connectivity index (χ4n) is 5.17. The van der Waals surface area contributed by atoms with Gasteiger partial charge in [0.2, 0.25) is 6.29 Å². The number of nitrogens with zero attached hydrogens (tertiary/aromatic N) is 1. The molecule has 6 heteroatoms. The van der Waals surface area contributed by atoms with Crippen LogP contribution in [0.3, 0.4) is 0 Å². The molecule has 3 aliphatic heterocycles. The highest BCUT2D eigenvalue weighted by atomic mass is 16.7. The van der Waals surface area contributed by atoms with Gasteiger partial charge in [-0.05, 0) is 37.5 Å². The van der Waals surface area contributed by atoms with Gasteiger partial charge in [0.05, 0.1) is 6.04 Å². The average molecular weight is 395 g/mol. The third-order valence-corrected chi connectivity index (χ3v) is 6.42. The Morgan fingerprint density at radius 3 is 2.62 bits per heavy atom. The van der Waals surface area contributed by atoms with Crippen molar-refractivity contribution in [3.63, 3.8) is 0 Å². The van der Waals surface area contributed by atoms with E-state index in [0.717, 1.165) is 29.8 Å². The minimum Gasteiger partial charge on any atom is -0.478 e. The Labute approximate surface area is 170 Å². The topological polar surface area (TPSA) is 57.2 Å². The number of benzene rings is 2. The number of anilines is 1. The molecule has 3 aliphatic rings. The van der Waals surface area contributed by atoms with Crippen LogP contribution >= 0.6 is 0 Å². The normalized spacial score (nSPS) is 29.9. The Balaban J connectivity index is 1.72. The maximum atomic E-state index is 13.1. The largest absolute Gasteiger partial charge is 0.478 e. The van der Waals surface area contributed by atoms with Crippen molar-refractivity contribution in [3.8, 4) is 5.75 Å². The summed E-state index contributed by atoms with van der Waals surface area (Å²) in [6.07, 6.45) is 0.305. The number of morpholine rings is 1. The van der Waals surface area contributed by atoms with E-state index >= 15 is 0 Å². The molecule has 0 N–H and O–H groups in total. The second kappa shape index (κ2) is 6.75. The van der Waals surface area contributed by atoms with Crippen molar-refractivity contribution in [3.05, 3.63) is 59.7 Å². The molecule has 4 atom stereocenters. The molecule has 4 unspecified atom stereocenters. The molecule has 0 saturated carbocycles. The van der Waals surface area contributed by atoms with Crippen molar-refractivity contribution < 1.29 is 23.7 Å². The van der Waals surface area contributed by atoms with Gasteiger partial charge in [-0.15, -0.1) is 0 Å². The van der Waals surface area contributed by atoms with E-state index in [-0.39, 0.29) is 18.1 Å². The zero-order valence-electron chi connectivity index (χ0n) is 16.8. The number of ether oxygens (including phenoxy) is 4. The van der Waals surface area contributed by atoms with Crippen LogP contribution in [0.15, 0.2) is 48.5 Å². The SMILES string of the molecule is COC(OC)C1(C)Oc2ccccc2C2C1OC(=O)C1CCc3ccccc3N12. The number of carbonyl (C=O) groups is 1. The highest BCUT2D eigenvalue weighted by molar-refractivity contribution is 5.84. The van der Waals surface area contributed by atoms with Gasteiger partial charge in [-0.25, -0.2) is 4.79 Å². The van der Waals surface area contributed by atoms with Gasteiger partial charge < -0.3 is 23.8 Å². The molecule has 1 fully saturated rings. The molecule has 2 aromatic carbocycles. The Hall–Kier alpha value is -2.57. The number of hydrogen-bond acceptors (Lipinski definition) is 6. The molecular weight excluding hydrogens is 370 g/mol. The summed E-state index contributed by atoms with van der Waals surface area (Å²) in [5.41, 5.74) is 2.34. The Kier molecular flexibility index (Phi) is 4.29. The van der Waals surface area contributed by atoms with Crippen LogP contribution in [0.2, 0.25) is 0 Å². The van der Waals surface area contributed by atoms with Crippen LogP contribution in [0.1, 0.15) is 30.5 Å². The minimum absolute atomic E-state index is 0.193. The van der Waals surface area contributed by atoms with E-state index in [1.807, 2.05) is 37.3 Å². The molecule has 3 heterocycles. The van der Waals surface area contributed by atoms with Crippen molar-refractivity contribution in [1.29, 1.82) is 0 Å². The third kappa shape index (κ3) is 2.59. The summed E-state index contributed by atoms with van der Waals surface area (Å²) in [4.78, 5) is 15.3. The first-order valence-electron chi connectivity index (χ1n) is 9.98. The minimum atomic E-state index is -1.00. The summed E-state index contributed by atoms with van der Waals surface area (Å²) in [6, 6.07) is 15.7. The smallest absolute Gasteiger partial charge is 0.329 e. The van der Waals surface area contributed by atoms with E-state index in [4.69, 9.17) is 18.9 Å². The quantitative estimate of drug-likeness (QED) is 0.587. The Bertz CT molecular complexity index is 942. The molecule has 29 heavy (non-hydrogen) atoms. The highest BCUT2D eigenvalue weighted by Gasteiger charge is 2.60. The second-order valence-corrected chi connectivity index (χ2v) is 8.02. The average Bonchev–Trinajstić information content (AvgIpc) is 2.74. The molecule has 0 amide bonds. The van der Waals surface area contributed by atoms with Crippen LogP contribution in [-0.2, 0) is 25.4 Å². The van der Waals surface area contributed by atoms with Crippen molar-refractivity contribution in [2.45, 2.75) is 49.8 Å². The fourth-order valence-corrected chi connectivity index (χ4v) is 5.17. The van der Waals surface area contributed by atoms with Crippen LogP contribution in [0.4, 0.5) is 5.69 Å². The molecule has 152 valence electrons. The molecule has 1 saturated heterocycles. The predicted molar refractivity (Wildman–Crippen MR) is 107 cm³/mol. The van der Waals surface area contributed by atoms with Gasteiger partial charge in [-0.3, -0.25) is 0 Å². The zero-order valence-corrected chi connectivity index (χ0v) is 16.8. The number of carbonyl (C=O) groups excluding carboxylic acids is 1. The number of para-hydroxylation sites is 2. The molecule has 2 aromatic rings. The number of fused-ring (bicyclic) bond motifs is 7. The van der Waals surface area contributed by atoms with Crippen LogP contribution in [0.25, 0.3) is 0 Å². The zero-order chi connectivity index (χ0) is 20.2. The van der Waals surface area contributed by atoms with E-state index in [1.54, 1.807) is 14.2 Å². The van der Waals surface area contributed by atoms with Gasteiger partial charge >= 0.3 is 5.97 Å². The van der Waals surface area contributed by atoms with Crippen LogP contribution < -0.4 is 9.64 Å². The van der Waals surface area contributed by atoms with Gasteiger partial charge in [-0.1, -0.05) is 36.4 Å². The van der Waals surface area contributed by atoms with E-state index in [9.17, 15) is 4.79 Å². The van der Waals surface area contributed by atoms with Gasteiger partial charge in [0, 0.05) is 25.5 Å². The number of esters is 1. The van der Waals surface area contributed by atoms with E-state index < -0.39 is 18.0 Å². The van der Waals surface area contributed by atoms with Crippen LogP contribution in [0.5, 0.6) is 5.75 Å². The molecule has 0 bridgehead atoms. The van der Waals surface area contributed by atoms with Gasteiger partial charge in [0.1, 0.15) is 11.8 Å². The van der Waals surface area contributed by atoms with Crippen molar-refractivity contribution in [2.24, 2.45) is 0 Å². The predicted octanol–water partition coefficient (Wildman–Crippen LogP) is 3.24. The summed E-state index contributed by atoms with van der Waals surface area (Å²) in [7, 11) is 3.14. The summed E-state index contributed by atoms with van der Waals surface area (Å²) >= 11 is 0. The first-order chi connectivity index (χ1) is 14.1. The molecule has 6 nitrogen and oxygen atoms in total. The molecule has 0 aromatic heterocycles. The maximum Gasteiger partial charge on any atom is 0.329 e. The second-order valence-electron chi connectivity index (χ2n) is 8.02. The molecule has 5 rings (SSSR count). The van der Waals surface area contributed by atoms with E-state index in [1.165, 1.54) is 5.56 Å². The first kappa shape index (κ1) is 18.5. The highest BCUT2D eigenvalue weighted by Crippen LogP contribution is 2.52. The maximum absolute atomic E-state index is 13.1. The monoisotopic (exact) mass is 395 g/mol. The lowest BCUT2D eigenvalue weighted by Crippen LogP contribution is -2.68. The number of aryl methyl sites for hydroxylation is 1. The van der Waals surface area contributed by atoms with Gasteiger partial charge in [-0.2, -0.15) is 0 Å². The molecule has 0 spiro atoms. The van der Waals surface area contributed by atoms with Crippen LogP contribution in [0, 0.1) is 0 Å².